The monoisotopic (exact) mass is 411 g/mol. The van der Waals surface area contributed by atoms with Crippen LogP contribution in [0.2, 0.25) is 0 Å². The van der Waals surface area contributed by atoms with Crippen LogP contribution in [0.4, 0.5) is 0 Å². The minimum atomic E-state index is -0.473. The number of nitrogens with zero attached hydrogens (tertiary/aromatic N) is 2. The molecule has 0 bridgehead atoms. The smallest absolute Gasteiger partial charge is 0.306 e. The number of carbonyl (C=O) groups is 2. The molecular weight excluding hydrogens is 390 g/mol. The van der Waals surface area contributed by atoms with Gasteiger partial charge in [0.15, 0.2) is 6.61 Å². The SMILES string of the molecule is O=C(COC(=O)CCc1nc(-c2ccsc2)no1)N[C@H]1CCCc2ccccc21. The van der Waals surface area contributed by atoms with E-state index in [4.69, 9.17) is 9.26 Å². The van der Waals surface area contributed by atoms with Crippen molar-refractivity contribution < 1.29 is 18.8 Å². The van der Waals surface area contributed by atoms with Crippen LogP contribution in [0.3, 0.4) is 0 Å². The number of carbonyl (C=O) groups excluding carboxylic acids is 2. The van der Waals surface area contributed by atoms with E-state index in [9.17, 15) is 9.59 Å². The number of aromatic nitrogens is 2. The number of hydrogen-bond acceptors (Lipinski definition) is 7. The van der Waals surface area contributed by atoms with Crippen molar-refractivity contribution in [3.63, 3.8) is 0 Å². The van der Waals surface area contributed by atoms with Crippen LogP contribution in [-0.4, -0.2) is 28.6 Å². The Balaban J connectivity index is 1.21. The Bertz CT molecular complexity index is 983. The molecule has 0 saturated carbocycles. The predicted octanol–water partition coefficient (Wildman–Crippen LogP) is 3.47. The summed E-state index contributed by atoms with van der Waals surface area (Å²) in [5.74, 6) is 0.102. The van der Waals surface area contributed by atoms with Crippen molar-refractivity contribution in [1.82, 2.24) is 15.5 Å². The summed E-state index contributed by atoms with van der Waals surface area (Å²) in [4.78, 5) is 28.4. The van der Waals surface area contributed by atoms with Gasteiger partial charge in [0, 0.05) is 17.4 Å². The maximum atomic E-state index is 12.2. The highest BCUT2D eigenvalue weighted by Crippen LogP contribution is 2.29. The lowest BCUT2D eigenvalue weighted by atomic mass is 9.88. The Morgan fingerprint density at radius 2 is 2.17 bits per heavy atom. The summed E-state index contributed by atoms with van der Waals surface area (Å²) < 4.78 is 10.2. The molecule has 0 aliphatic heterocycles. The molecule has 8 heteroatoms. The highest BCUT2D eigenvalue weighted by Gasteiger charge is 2.22. The van der Waals surface area contributed by atoms with Crippen molar-refractivity contribution in [2.24, 2.45) is 0 Å². The van der Waals surface area contributed by atoms with E-state index in [0.29, 0.717) is 11.7 Å². The van der Waals surface area contributed by atoms with E-state index in [1.807, 2.05) is 35.0 Å². The molecule has 7 nitrogen and oxygen atoms in total. The van der Waals surface area contributed by atoms with Gasteiger partial charge in [-0.15, -0.1) is 0 Å². The quantitative estimate of drug-likeness (QED) is 0.598. The highest BCUT2D eigenvalue weighted by molar-refractivity contribution is 7.08. The predicted molar refractivity (Wildman–Crippen MR) is 107 cm³/mol. The molecule has 0 spiro atoms. The molecule has 4 rings (SSSR count). The standard InChI is InChI=1S/C21H21N3O4S/c25-18(22-17-7-3-5-14-4-1-2-6-16(14)17)12-27-20(26)9-8-19-23-21(24-28-19)15-10-11-29-13-15/h1-2,4,6,10-11,13,17H,3,5,7-9,12H2,(H,22,25)/t17-/m0/s1. The lowest BCUT2D eigenvalue weighted by Gasteiger charge is -2.26. The number of benzene rings is 1. The molecule has 1 aliphatic rings. The minimum Gasteiger partial charge on any atom is -0.456 e. The highest BCUT2D eigenvalue weighted by atomic mass is 32.1. The molecule has 1 amide bonds. The molecule has 29 heavy (non-hydrogen) atoms. The number of hydrogen-bond donors (Lipinski definition) is 1. The normalized spacial score (nSPS) is 15.5. The van der Waals surface area contributed by atoms with Gasteiger partial charge in [-0.25, -0.2) is 0 Å². The summed E-state index contributed by atoms with van der Waals surface area (Å²) in [6, 6.07) is 9.99. The topological polar surface area (TPSA) is 94.3 Å². The summed E-state index contributed by atoms with van der Waals surface area (Å²) in [5, 5.41) is 10.7. The zero-order valence-electron chi connectivity index (χ0n) is 15.8. The maximum absolute atomic E-state index is 12.2. The number of amides is 1. The van der Waals surface area contributed by atoms with E-state index in [0.717, 1.165) is 30.4 Å². The summed E-state index contributed by atoms with van der Waals surface area (Å²) >= 11 is 1.55. The number of thiophene rings is 1. The van der Waals surface area contributed by atoms with Crippen LogP contribution in [0.25, 0.3) is 11.4 Å². The molecular formula is C21H21N3O4S. The molecule has 3 aromatic rings. The Hall–Kier alpha value is -3.00. The van der Waals surface area contributed by atoms with Gasteiger partial charge < -0.3 is 14.6 Å². The first kappa shape index (κ1) is 19.3. The van der Waals surface area contributed by atoms with Gasteiger partial charge >= 0.3 is 5.97 Å². The fourth-order valence-electron chi connectivity index (χ4n) is 3.43. The molecule has 2 aromatic heterocycles. The Morgan fingerprint density at radius 1 is 1.28 bits per heavy atom. The molecule has 1 aromatic carbocycles. The van der Waals surface area contributed by atoms with E-state index < -0.39 is 5.97 Å². The maximum Gasteiger partial charge on any atom is 0.306 e. The summed E-state index contributed by atoms with van der Waals surface area (Å²) in [6.07, 6.45) is 3.29. The van der Waals surface area contributed by atoms with Crippen LogP contribution in [0.15, 0.2) is 45.6 Å². The number of aryl methyl sites for hydroxylation is 2. The second kappa shape index (κ2) is 9.00. The largest absolute Gasteiger partial charge is 0.456 e. The van der Waals surface area contributed by atoms with Gasteiger partial charge in [0.05, 0.1) is 12.5 Å². The van der Waals surface area contributed by atoms with Crippen molar-refractivity contribution >= 4 is 23.2 Å². The third-order valence-electron chi connectivity index (χ3n) is 4.86. The van der Waals surface area contributed by atoms with E-state index >= 15 is 0 Å². The zero-order chi connectivity index (χ0) is 20.1. The lowest BCUT2D eigenvalue weighted by Crippen LogP contribution is -2.34. The van der Waals surface area contributed by atoms with Crippen molar-refractivity contribution in [3.05, 3.63) is 58.1 Å². The lowest BCUT2D eigenvalue weighted by molar-refractivity contribution is -0.148. The molecule has 1 aliphatic carbocycles. The fraction of sp³-hybridized carbons (Fsp3) is 0.333. The molecule has 0 saturated heterocycles. The molecule has 1 N–H and O–H groups in total. The minimum absolute atomic E-state index is 0.0277. The zero-order valence-corrected chi connectivity index (χ0v) is 16.6. The number of nitrogens with one attached hydrogen (secondary N) is 1. The van der Waals surface area contributed by atoms with E-state index in [1.54, 1.807) is 11.3 Å². The van der Waals surface area contributed by atoms with E-state index in [1.165, 1.54) is 5.56 Å². The van der Waals surface area contributed by atoms with Gasteiger partial charge in [-0.3, -0.25) is 9.59 Å². The third kappa shape index (κ3) is 4.89. The van der Waals surface area contributed by atoms with Crippen LogP contribution in [0.1, 0.15) is 42.3 Å². The first-order valence-corrected chi connectivity index (χ1v) is 10.5. The van der Waals surface area contributed by atoms with Gasteiger partial charge in [-0.1, -0.05) is 29.4 Å². The van der Waals surface area contributed by atoms with Gasteiger partial charge in [-0.2, -0.15) is 16.3 Å². The number of rotatable bonds is 7. The van der Waals surface area contributed by atoms with Crippen molar-refractivity contribution in [3.8, 4) is 11.4 Å². The first-order valence-electron chi connectivity index (χ1n) is 9.57. The van der Waals surface area contributed by atoms with Crippen molar-refractivity contribution in [1.29, 1.82) is 0 Å². The van der Waals surface area contributed by atoms with Crippen LogP contribution in [0.5, 0.6) is 0 Å². The summed E-state index contributed by atoms with van der Waals surface area (Å²) in [5.41, 5.74) is 3.30. The fourth-order valence-corrected chi connectivity index (χ4v) is 4.07. The first-order chi connectivity index (χ1) is 14.2. The van der Waals surface area contributed by atoms with Crippen molar-refractivity contribution in [2.75, 3.05) is 6.61 Å². The summed E-state index contributed by atoms with van der Waals surface area (Å²) in [7, 11) is 0. The van der Waals surface area contributed by atoms with Gasteiger partial charge in [0.25, 0.3) is 5.91 Å². The van der Waals surface area contributed by atoms with Gasteiger partial charge in [0.2, 0.25) is 11.7 Å². The van der Waals surface area contributed by atoms with Crippen LogP contribution in [0, 0.1) is 0 Å². The summed E-state index contributed by atoms with van der Waals surface area (Å²) in [6.45, 7) is -0.290. The average Bonchev–Trinajstić information content (AvgIpc) is 3.43. The molecule has 2 heterocycles. The van der Waals surface area contributed by atoms with E-state index in [2.05, 4.69) is 21.5 Å². The Kier molecular flexibility index (Phi) is 6.00. The van der Waals surface area contributed by atoms with E-state index in [-0.39, 0.29) is 31.4 Å². The Morgan fingerprint density at radius 3 is 3.03 bits per heavy atom. The number of fused-ring (bicyclic) bond motifs is 1. The molecule has 150 valence electrons. The van der Waals surface area contributed by atoms with Crippen LogP contribution < -0.4 is 5.32 Å². The van der Waals surface area contributed by atoms with Gasteiger partial charge in [0.1, 0.15) is 0 Å². The number of esters is 1. The second-order valence-corrected chi connectivity index (χ2v) is 7.68. The second-order valence-electron chi connectivity index (χ2n) is 6.90. The molecule has 0 radical (unpaired) electrons. The number of ether oxygens (including phenoxy) is 1. The Labute approximate surface area is 172 Å². The average molecular weight is 411 g/mol. The van der Waals surface area contributed by atoms with Crippen molar-refractivity contribution in [2.45, 2.75) is 38.1 Å². The molecule has 0 fully saturated rings. The third-order valence-corrected chi connectivity index (χ3v) is 5.54. The van der Waals surface area contributed by atoms with Crippen LogP contribution in [-0.2, 0) is 27.2 Å². The van der Waals surface area contributed by atoms with Gasteiger partial charge in [-0.05, 0) is 41.8 Å². The molecule has 1 atom stereocenters. The molecule has 0 unspecified atom stereocenters. The van der Waals surface area contributed by atoms with Crippen LogP contribution >= 0.6 is 11.3 Å².